The van der Waals surface area contributed by atoms with Crippen LogP contribution in [-0.4, -0.2) is 29.4 Å². The number of hydrogen-bond acceptors (Lipinski definition) is 4. The van der Waals surface area contributed by atoms with Crippen LogP contribution in [0.5, 0.6) is 0 Å². The molecule has 0 atom stereocenters. The quantitative estimate of drug-likeness (QED) is 0.376. The molecule has 5 heteroatoms. The fraction of sp³-hybridized carbons (Fsp3) is 0.188. The molecule has 0 fully saturated rings. The molecule has 1 aromatic carbocycles. The van der Waals surface area contributed by atoms with Gasteiger partial charge in [0.1, 0.15) is 0 Å². The number of rotatable bonds is 6. The summed E-state index contributed by atoms with van der Waals surface area (Å²) >= 11 is 0. The molecular formula is C16H16O5. The van der Waals surface area contributed by atoms with Crippen molar-refractivity contribution in [2.75, 3.05) is 6.61 Å². The lowest BCUT2D eigenvalue weighted by molar-refractivity contribution is -0.138. The largest absolute Gasteiger partial charge is 0.478 e. The van der Waals surface area contributed by atoms with E-state index in [1.54, 1.807) is 37.3 Å². The van der Waals surface area contributed by atoms with Crippen molar-refractivity contribution in [3.8, 4) is 0 Å². The lowest BCUT2D eigenvalue weighted by atomic mass is 10.1. The van der Waals surface area contributed by atoms with Crippen molar-refractivity contribution in [3.05, 3.63) is 59.2 Å². The zero-order valence-electron chi connectivity index (χ0n) is 11.8. The third-order valence-corrected chi connectivity index (χ3v) is 2.57. The second-order valence-corrected chi connectivity index (χ2v) is 4.18. The molecule has 110 valence electrons. The molecule has 0 heterocycles. The molecule has 21 heavy (non-hydrogen) atoms. The Morgan fingerprint density at radius 2 is 1.76 bits per heavy atom. The molecular weight excluding hydrogens is 272 g/mol. The van der Waals surface area contributed by atoms with E-state index in [9.17, 15) is 14.4 Å². The number of benzene rings is 1. The highest BCUT2D eigenvalue weighted by Gasteiger charge is 2.13. The van der Waals surface area contributed by atoms with Crippen LogP contribution in [0.15, 0.2) is 53.6 Å². The Hall–Kier alpha value is -2.69. The predicted octanol–water partition coefficient (Wildman–Crippen LogP) is 2.39. The van der Waals surface area contributed by atoms with Gasteiger partial charge in [0.15, 0.2) is 5.78 Å². The predicted molar refractivity (Wildman–Crippen MR) is 76.9 cm³/mol. The first-order chi connectivity index (χ1) is 9.95. The number of hydrogen-bond donors (Lipinski definition) is 1. The maximum atomic E-state index is 12.1. The maximum Gasteiger partial charge on any atom is 0.338 e. The van der Waals surface area contributed by atoms with E-state index in [0.29, 0.717) is 5.56 Å². The van der Waals surface area contributed by atoms with Gasteiger partial charge in [0, 0.05) is 17.2 Å². The van der Waals surface area contributed by atoms with E-state index in [1.165, 1.54) is 6.92 Å². The summed E-state index contributed by atoms with van der Waals surface area (Å²) in [5.41, 5.74) is 0.251. The average molecular weight is 288 g/mol. The standard InChI is InChI=1S/C16H16O5/c1-3-21-16(20)13(9-11(2)15(18)19)10-14(17)12-7-5-4-6-8-12/h4-10H,3H2,1-2H3,(H,18,19). The molecule has 0 amide bonds. The van der Waals surface area contributed by atoms with Crippen molar-refractivity contribution < 1.29 is 24.2 Å². The molecule has 0 saturated carbocycles. The minimum absolute atomic E-state index is 0.0600. The summed E-state index contributed by atoms with van der Waals surface area (Å²) < 4.78 is 4.82. The Kier molecular flexibility index (Phi) is 6.07. The number of ether oxygens (including phenoxy) is 1. The van der Waals surface area contributed by atoms with E-state index in [2.05, 4.69) is 0 Å². The molecule has 5 nitrogen and oxygen atoms in total. The van der Waals surface area contributed by atoms with Crippen molar-refractivity contribution in [2.45, 2.75) is 13.8 Å². The zero-order chi connectivity index (χ0) is 15.8. The summed E-state index contributed by atoms with van der Waals surface area (Å²) in [5.74, 6) is -2.30. The summed E-state index contributed by atoms with van der Waals surface area (Å²) in [6.45, 7) is 3.10. The lowest BCUT2D eigenvalue weighted by Gasteiger charge is -2.04. The number of carboxylic acids is 1. The normalized spacial score (nSPS) is 11.9. The summed E-state index contributed by atoms with van der Waals surface area (Å²) in [6, 6.07) is 8.37. The maximum absolute atomic E-state index is 12.1. The van der Waals surface area contributed by atoms with Gasteiger partial charge in [-0.25, -0.2) is 9.59 Å². The smallest absolute Gasteiger partial charge is 0.338 e. The van der Waals surface area contributed by atoms with Gasteiger partial charge in [0.25, 0.3) is 0 Å². The Morgan fingerprint density at radius 1 is 1.14 bits per heavy atom. The van der Waals surface area contributed by atoms with Crippen molar-refractivity contribution in [3.63, 3.8) is 0 Å². The molecule has 0 aliphatic rings. The second-order valence-electron chi connectivity index (χ2n) is 4.18. The number of carboxylic acid groups (broad SMARTS) is 1. The monoisotopic (exact) mass is 288 g/mol. The third-order valence-electron chi connectivity index (χ3n) is 2.57. The van der Waals surface area contributed by atoms with E-state index < -0.39 is 17.7 Å². The first-order valence-electron chi connectivity index (χ1n) is 6.35. The van der Waals surface area contributed by atoms with Gasteiger partial charge in [-0.2, -0.15) is 0 Å². The highest BCUT2D eigenvalue weighted by Crippen LogP contribution is 2.09. The SMILES string of the molecule is CCOC(=O)C(C=C(C)C(=O)O)=CC(=O)c1ccccc1. The van der Waals surface area contributed by atoms with Crippen LogP contribution >= 0.6 is 0 Å². The first-order valence-corrected chi connectivity index (χ1v) is 6.35. The fourth-order valence-corrected chi connectivity index (χ4v) is 1.50. The van der Waals surface area contributed by atoms with Crippen LogP contribution in [0.3, 0.4) is 0 Å². The molecule has 1 N–H and O–H groups in total. The molecule has 1 aromatic rings. The Balaban J connectivity index is 3.14. The van der Waals surface area contributed by atoms with Crippen LogP contribution in [0.1, 0.15) is 24.2 Å². The van der Waals surface area contributed by atoms with Gasteiger partial charge in [-0.1, -0.05) is 30.3 Å². The van der Waals surface area contributed by atoms with Crippen LogP contribution in [0.4, 0.5) is 0 Å². The van der Waals surface area contributed by atoms with Gasteiger partial charge in [0.05, 0.1) is 12.2 Å². The van der Waals surface area contributed by atoms with Gasteiger partial charge >= 0.3 is 11.9 Å². The molecule has 0 bridgehead atoms. The molecule has 0 aromatic heterocycles. The second kappa shape index (κ2) is 7.79. The molecule has 0 saturated heterocycles. The fourth-order valence-electron chi connectivity index (χ4n) is 1.50. The summed E-state index contributed by atoms with van der Waals surface area (Å²) in [5, 5.41) is 8.86. The molecule has 1 rings (SSSR count). The highest BCUT2D eigenvalue weighted by molar-refractivity contribution is 6.10. The van der Waals surface area contributed by atoms with Gasteiger partial charge in [-0.05, 0) is 19.9 Å². The van der Waals surface area contributed by atoms with Crippen LogP contribution in [0.25, 0.3) is 0 Å². The van der Waals surface area contributed by atoms with Crippen molar-refractivity contribution in [2.24, 2.45) is 0 Å². The molecule has 0 radical (unpaired) electrons. The number of carbonyl (C=O) groups is 3. The van der Waals surface area contributed by atoms with E-state index in [-0.39, 0.29) is 17.8 Å². The van der Waals surface area contributed by atoms with Crippen LogP contribution in [0, 0.1) is 0 Å². The zero-order valence-corrected chi connectivity index (χ0v) is 11.8. The Morgan fingerprint density at radius 3 is 2.29 bits per heavy atom. The molecule has 0 aliphatic heterocycles. The van der Waals surface area contributed by atoms with Gasteiger partial charge in [-0.3, -0.25) is 4.79 Å². The average Bonchev–Trinajstić information content (AvgIpc) is 2.47. The Labute approximate surface area is 122 Å². The van der Waals surface area contributed by atoms with E-state index in [4.69, 9.17) is 9.84 Å². The van der Waals surface area contributed by atoms with Crippen LogP contribution < -0.4 is 0 Å². The van der Waals surface area contributed by atoms with Gasteiger partial charge < -0.3 is 9.84 Å². The van der Waals surface area contributed by atoms with Crippen molar-refractivity contribution in [1.82, 2.24) is 0 Å². The summed E-state index contributed by atoms with van der Waals surface area (Å²) in [7, 11) is 0. The van der Waals surface area contributed by atoms with E-state index >= 15 is 0 Å². The van der Waals surface area contributed by atoms with Crippen LogP contribution in [-0.2, 0) is 14.3 Å². The highest BCUT2D eigenvalue weighted by atomic mass is 16.5. The molecule has 0 aliphatic carbocycles. The number of aliphatic carboxylic acids is 1. The van der Waals surface area contributed by atoms with Gasteiger partial charge in [-0.15, -0.1) is 0 Å². The van der Waals surface area contributed by atoms with Crippen LogP contribution in [0.2, 0.25) is 0 Å². The van der Waals surface area contributed by atoms with Crippen molar-refractivity contribution >= 4 is 17.7 Å². The minimum atomic E-state index is -1.17. The number of allylic oxidation sites excluding steroid dienone is 1. The minimum Gasteiger partial charge on any atom is -0.478 e. The topological polar surface area (TPSA) is 80.7 Å². The van der Waals surface area contributed by atoms with E-state index in [0.717, 1.165) is 12.2 Å². The van der Waals surface area contributed by atoms with Gasteiger partial charge in [0.2, 0.25) is 0 Å². The van der Waals surface area contributed by atoms with E-state index in [1.807, 2.05) is 0 Å². The number of esters is 1. The number of ketones is 1. The number of carbonyl (C=O) groups excluding carboxylic acids is 2. The lowest BCUT2D eigenvalue weighted by Crippen LogP contribution is -2.10. The summed E-state index contributed by atoms with van der Waals surface area (Å²) in [4.78, 5) is 34.7. The third kappa shape index (κ3) is 5.06. The molecule has 0 unspecified atom stereocenters. The van der Waals surface area contributed by atoms with Crippen molar-refractivity contribution in [1.29, 1.82) is 0 Å². The first kappa shape index (κ1) is 16.4. The molecule has 0 spiro atoms. The Bertz CT molecular complexity index is 596. The summed E-state index contributed by atoms with van der Waals surface area (Å²) in [6.07, 6.45) is 2.21.